The molecule has 0 aliphatic heterocycles. The van der Waals surface area contributed by atoms with Crippen molar-refractivity contribution in [1.29, 1.82) is 0 Å². The molecular formula is C20H25N5O4S. The quantitative estimate of drug-likeness (QED) is 0.370. The predicted octanol–water partition coefficient (Wildman–Crippen LogP) is 2.12. The van der Waals surface area contributed by atoms with E-state index in [4.69, 9.17) is 10.5 Å². The minimum absolute atomic E-state index is 0.0172. The number of aromatic nitrogens is 2. The molecule has 1 aromatic heterocycles. The monoisotopic (exact) mass is 431 g/mol. The van der Waals surface area contributed by atoms with Gasteiger partial charge in [0, 0.05) is 18.9 Å². The fourth-order valence-electron chi connectivity index (χ4n) is 2.45. The van der Waals surface area contributed by atoms with Crippen LogP contribution in [0.15, 0.2) is 35.6 Å². The number of esters is 1. The molecule has 1 atom stereocenters. The first-order valence-corrected chi connectivity index (χ1v) is 10.2. The van der Waals surface area contributed by atoms with Gasteiger partial charge in [0.1, 0.15) is 11.4 Å². The van der Waals surface area contributed by atoms with E-state index >= 15 is 0 Å². The highest BCUT2D eigenvalue weighted by atomic mass is 32.2. The molecule has 1 aromatic carbocycles. The van der Waals surface area contributed by atoms with E-state index in [1.165, 1.54) is 11.1 Å². The van der Waals surface area contributed by atoms with Crippen LogP contribution >= 0.6 is 11.8 Å². The summed E-state index contributed by atoms with van der Waals surface area (Å²) >= 11 is 1.08. The summed E-state index contributed by atoms with van der Waals surface area (Å²) in [7, 11) is 1.55. The van der Waals surface area contributed by atoms with Gasteiger partial charge in [0.2, 0.25) is 11.8 Å². The van der Waals surface area contributed by atoms with E-state index in [1.807, 2.05) is 19.1 Å². The molecule has 1 heterocycles. The predicted molar refractivity (Wildman–Crippen MR) is 115 cm³/mol. The second-order valence-electron chi connectivity index (χ2n) is 6.54. The van der Waals surface area contributed by atoms with E-state index < -0.39 is 11.2 Å². The van der Waals surface area contributed by atoms with Crippen molar-refractivity contribution in [1.82, 2.24) is 14.9 Å². The van der Waals surface area contributed by atoms with E-state index in [0.717, 1.165) is 17.3 Å². The van der Waals surface area contributed by atoms with Crippen molar-refractivity contribution in [2.24, 2.45) is 0 Å². The summed E-state index contributed by atoms with van der Waals surface area (Å²) in [6.45, 7) is 5.44. The number of amides is 2. The van der Waals surface area contributed by atoms with Gasteiger partial charge in [-0.1, -0.05) is 29.5 Å². The number of ether oxygens (including phenoxy) is 1. The number of thioether (sulfide) groups is 1. The molecule has 3 N–H and O–H groups in total. The Labute approximate surface area is 179 Å². The van der Waals surface area contributed by atoms with Crippen molar-refractivity contribution >= 4 is 41.1 Å². The summed E-state index contributed by atoms with van der Waals surface area (Å²) in [5.41, 5.74) is 7.63. The van der Waals surface area contributed by atoms with Crippen molar-refractivity contribution in [3.63, 3.8) is 0 Å². The summed E-state index contributed by atoms with van der Waals surface area (Å²) in [6.07, 6.45) is 1.28. The fraction of sp³-hybridized carbons (Fsp3) is 0.350. The van der Waals surface area contributed by atoms with Crippen molar-refractivity contribution in [3.05, 3.63) is 41.6 Å². The van der Waals surface area contributed by atoms with Gasteiger partial charge in [0.15, 0.2) is 5.16 Å². The van der Waals surface area contributed by atoms with Gasteiger partial charge in [0.25, 0.3) is 0 Å². The number of anilines is 2. The molecule has 10 heteroatoms. The van der Waals surface area contributed by atoms with Crippen LogP contribution in [0.1, 0.15) is 29.8 Å². The maximum absolute atomic E-state index is 12.6. The Morgan fingerprint density at radius 3 is 2.53 bits per heavy atom. The molecular weight excluding hydrogens is 406 g/mol. The summed E-state index contributed by atoms with van der Waals surface area (Å²) in [5, 5.41) is 2.44. The van der Waals surface area contributed by atoms with Gasteiger partial charge in [-0.15, -0.1) is 0 Å². The van der Waals surface area contributed by atoms with Crippen molar-refractivity contribution in [2.45, 2.75) is 31.2 Å². The molecule has 0 fully saturated rings. The minimum atomic E-state index is -0.602. The van der Waals surface area contributed by atoms with Crippen molar-refractivity contribution in [2.75, 3.05) is 31.2 Å². The van der Waals surface area contributed by atoms with Crippen LogP contribution in [0.3, 0.4) is 0 Å². The van der Waals surface area contributed by atoms with Crippen molar-refractivity contribution in [3.8, 4) is 0 Å². The molecule has 0 radical (unpaired) electrons. The molecule has 0 spiro atoms. The smallest absolute Gasteiger partial charge is 0.343 e. The van der Waals surface area contributed by atoms with Gasteiger partial charge in [-0.25, -0.2) is 14.8 Å². The average Bonchev–Trinajstić information content (AvgIpc) is 2.69. The van der Waals surface area contributed by atoms with E-state index in [2.05, 4.69) is 15.3 Å². The van der Waals surface area contributed by atoms with Gasteiger partial charge < -0.3 is 20.7 Å². The van der Waals surface area contributed by atoms with E-state index in [-0.39, 0.29) is 41.5 Å². The Morgan fingerprint density at radius 1 is 1.27 bits per heavy atom. The Hall–Kier alpha value is -3.14. The van der Waals surface area contributed by atoms with Gasteiger partial charge in [-0.05, 0) is 32.9 Å². The fourth-order valence-corrected chi connectivity index (χ4v) is 3.31. The zero-order valence-corrected chi connectivity index (χ0v) is 18.2. The van der Waals surface area contributed by atoms with E-state index in [1.54, 1.807) is 33.0 Å². The van der Waals surface area contributed by atoms with Crippen LogP contribution in [0.25, 0.3) is 0 Å². The third-order valence-electron chi connectivity index (χ3n) is 4.01. The number of hydrogen-bond acceptors (Lipinski definition) is 8. The summed E-state index contributed by atoms with van der Waals surface area (Å²) < 4.78 is 4.88. The molecule has 2 amide bonds. The molecule has 2 aromatic rings. The molecule has 0 aliphatic rings. The number of likely N-dealkylation sites (N-methyl/N-ethyl adjacent to an activating group) is 1. The summed E-state index contributed by atoms with van der Waals surface area (Å²) in [4.78, 5) is 46.0. The van der Waals surface area contributed by atoms with E-state index in [0.29, 0.717) is 5.69 Å². The first-order chi connectivity index (χ1) is 14.2. The molecule has 0 saturated carbocycles. The standard InChI is InChI=1S/C20H25N5O4S/c1-5-29-19(28)15-10-22-20(24-17(15)21)30-13(3)18(27)25(4)11-16(26)23-14-8-6-12(2)7-9-14/h6-10,13H,5,11H2,1-4H3,(H,23,26)(H2,21,22,24). The third-order valence-corrected chi connectivity index (χ3v) is 4.98. The van der Waals surface area contributed by atoms with Gasteiger partial charge in [0.05, 0.1) is 18.4 Å². The number of benzene rings is 1. The Bertz CT molecular complexity index is 920. The molecule has 2 rings (SSSR count). The SMILES string of the molecule is CCOC(=O)c1cnc(SC(C)C(=O)N(C)CC(=O)Nc2ccc(C)cc2)nc1N. The Kier molecular flexibility index (Phi) is 8.16. The number of hydrogen-bond donors (Lipinski definition) is 2. The number of carbonyl (C=O) groups excluding carboxylic acids is 3. The molecule has 9 nitrogen and oxygen atoms in total. The Morgan fingerprint density at radius 2 is 1.93 bits per heavy atom. The highest BCUT2D eigenvalue weighted by Crippen LogP contribution is 2.23. The number of nitrogens with one attached hydrogen (secondary N) is 1. The van der Waals surface area contributed by atoms with Crippen molar-refractivity contribution < 1.29 is 19.1 Å². The Balaban J connectivity index is 1.92. The number of nitrogens with zero attached hydrogens (tertiary/aromatic N) is 3. The average molecular weight is 432 g/mol. The molecule has 0 bridgehead atoms. The van der Waals surface area contributed by atoms with Crippen LogP contribution in [-0.4, -0.2) is 58.1 Å². The molecule has 30 heavy (non-hydrogen) atoms. The van der Waals surface area contributed by atoms with Crippen LogP contribution in [0.5, 0.6) is 0 Å². The lowest BCUT2D eigenvalue weighted by Crippen LogP contribution is -2.39. The van der Waals surface area contributed by atoms with Gasteiger partial charge >= 0.3 is 5.97 Å². The number of nitrogens with two attached hydrogens (primary N) is 1. The first-order valence-electron chi connectivity index (χ1n) is 9.29. The summed E-state index contributed by atoms with van der Waals surface area (Å²) in [5.74, 6) is -1.19. The topological polar surface area (TPSA) is 128 Å². The van der Waals surface area contributed by atoms with Crippen LogP contribution in [0.2, 0.25) is 0 Å². The van der Waals surface area contributed by atoms with Gasteiger partial charge in [-0.2, -0.15) is 0 Å². The highest BCUT2D eigenvalue weighted by Gasteiger charge is 2.23. The zero-order valence-electron chi connectivity index (χ0n) is 17.3. The molecule has 160 valence electrons. The number of rotatable bonds is 8. The maximum Gasteiger partial charge on any atom is 0.343 e. The normalized spacial score (nSPS) is 11.5. The summed E-state index contributed by atoms with van der Waals surface area (Å²) in [6, 6.07) is 7.38. The lowest BCUT2D eigenvalue weighted by molar-refractivity contribution is -0.132. The van der Waals surface area contributed by atoms with Crippen LogP contribution in [0.4, 0.5) is 11.5 Å². The second kappa shape index (κ2) is 10.6. The maximum atomic E-state index is 12.6. The lowest BCUT2D eigenvalue weighted by Gasteiger charge is -2.20. The number of aryl methyl sites for hydroxylation is 1. The molecule has 1 unspecified atom stereocenters. The lowest BCUT2D eigenvalue weighted by atomic mass is 10.2. The minimum Gasteiger partial charge on any atom is -0.462 e. The molecule has 0 saturated heterocycles. The highest BCUT2D eigenvalue weighted by molar-refractivity contribution is 8.00. The van der Waals surface area contributed by atoms with Gasteiger partial charge in [-0.3, -0.25) is 9.59 Å². The molecule has 0 aliphatic carbocycles. The van der Waals surface area contributed by atoms with Crippen LogP contribution in [0, 0.1) is 6.92 Å². The van der Waals surface area contributed by atoms with Crippen LogP contribution in [-0.2, 0) is 14.3 Å². The second-order valence-corrected chi connectivity index (χ2v) is 7.85. The number of nitrogen functional groups attached to an aromatic ring is 1. The zero-order chi connectivity index (χ0) is 22.3. The van der Waals surface area contributed by atoms with E-state index in [9.17, 15) is 14.4 Å². The number of carbonyl (C=O) groups is 3. The van der Waals surface area contributed by atoms with Crippen LogP contribution < -0.4 is 11.1 Å². The third kappa shape index (κ3) is 6.45. The first kappa shape index (κ1) is 23.1. The largest absolute Gasteiger partial charge is 0.462 e.